The van der Waals surface area contributed by atoms with Crippen molar-refractivity contribution in [3.05, 3.63) is 47.0 Å². The second kappa shape index (κ2) is 5.07. The van der Waals surface area contributed by atoms with Crippen molar-refractivity contribution >= 4 is 0 Å². The van der Waals surface area contributed by atoms with Crippen molar-refractivity contribution < 1.29 is 19.7 Å². The molecule has 2 heterocycles. The van der Waals surface area contributed by atoms with Crippen LogP contribution in [0.1, 0.15) is 43.4 Å². The Morgan fingerprint density at radius 2 is 1.88 bits per heavy atom. The Labute approximate surface area is 141 Å². The van der Waals surface area contributed by atoms with Crippen LogP contribution < -0.4 is 9.47 Å². The van der Waals surface area contributed by atoms with Gasteiger partial charge in [0.1, 0.15) is 29.1 Å². The first-order chi connectivity index (χ1) is 11.4. The van der Waals surface area contributed by atoms with Crippen LogP contribution >= 0.6 is 0 Å². The minimum absolute atomic E-state index is 0.0298. The van der Waals surface area contributed by atoms with Gasteiger partial charge in [-0.2, -0.15) is 0 Å². The van der Waals surface area contributed by atoms with Gasteiger partial charge in [0, 0.05) is 34.6 Å². The van der Waals surface area contributed by atoms with E-state index in [1.807, 2.05) is 6.07 Å². The summed E-state index contributed by atoms with van der Waals surface area (Å²) >= 11 is 0. The van der Waals surface area contributed by atoms with Gasteiger partial charge in [0.05, 0.1) is 6.61 Å². The quantitative estimate of drug-likeness (QED) is 0.835. The predicted octanol–water partition coefficient (Wildman–Crippen LogP) is 3.88. The smallest absolute Gasteiger partial charge is 0.127 e. The highest BCUT2D eigenvalue weighted by atomic mass is 16.5. The molecule has 2 aromatic carbocycles. The van der Waals surface area contributed by atoms with Crippen molar-refractivity contribution in [1.82, 2.24) is 0 Å². The summed E-state index contributed by atoms with van der Waals surface area (Å²) in [5.41, 5.74) is 3.14. The van der Waals surface area contributed by atoms with E-state index in [1.165, 1.54) is 11.6 Å². The van der Waals surface area contributed by atoms with Crippen LogP contribution in [-0.4, -0.2) is 22.9 Å². The predicted molar refractivity (Wildman–Crippen MR) is 91.3 cm³/mol. The Bertz CT molecular complexity index is 810. The number of ether oxygens (including phenoxy) is 2. The molecule has 2 N–H and O–H groups in total. The molecule has 4 nitrogen and oxygen atoms in total. The number of aromatic hydroxyl groups is 2. The van der Waals surface area contributed by atoms with Gasteiger partial charge in [-0.1, -0.05) is 19.9 Å². The Hall–Kier alpha value is -2.36. The van der Waals surface area contributed by atoms with E-state index in [2.05, 4.69) is 26.8 Å². The molecule has 4 heteroatoms. The lowest BCUT2D eigenvalue weighted by atomic mass is 9.80. The molecule has 2 atom stereocenters. The molecule has 4 rings (SSSR count). The highest BCUT2D eigenvalue weighted by molar-refractivity contribution is 5.54. The summed E-state index contributed by atoms with van der Waals surface area (Å²) in [7, 11) is 0. The molecule has 2 aliphatic rings. The average molecular weight is 326 g/mol. The molecule has 0 aliphatic carbocycles. The van der Waals surface area contributed by atoms with Crippen LogP contribution in [0.25, 0.3) is 0 Å². The van der Waals surface area contributed by atoms with Gasteiger partial charge in [0.25, 0.3) is 0 Å². The van der Waals surface area contributed by atoms with Gasteiger partial charge in [-0.25, -0.2) is 0 Å². The van der Waals surface area contributed by atoms with E-state index in [0.29, 0.717) is 6.61 Å². The molecule has 0 unspecified atom stereocenters. The highest BCUT2D eigenvalue weighted by Crippen LogP contribution is 2.47. The summed E-state index contributed by atoms with van der Waals surface area (Å²) < 4.78 is 11.9. The SMILES string of the molecule is C[C@@H]1Oc2cc3c(cc2C1(C)C)C[C@@H](c1ccc(O)cc1O)CO3. The minimum Gasteiger partial charge on any atom is -0.508 e. The number of fused-ring (bicyclic) bond motifs is 2. The zero-order valence-electron chi connectivity index (χ0n) is 14.2. The van der Waals surface area contributed by atoms with Crippen LogP contribution in [0.4, 0.5) is 0 Å². The first-order valence-corrected chi connectivity index (χ1v) is 8.35. The van der Waals surface area contributed by atoms with Crippen molar-refractivity contribution in [2.45, 2.75) is 44.6 Å². The van der Waals surface area contributed by atoms with E-state index < -0.39 is 0 Å². The van der Waals surface area contributed by atoms with Crippen LogP contribution in [0.15, 0.2) is 30.3 Å². The van der Waals surface area contributed by atoms with E-state index in [-0.39, 0.29) is 28.9 Å². The molecule has 2 aliphatic heterocycles. The molecular weight excluding hydrogens is 304 g/mol. The third kappa shape index (κ3) is 2.20. The Morgan fingerprint density at radius 1 is 1.08 bits per heavy atom. The fraction of sp³-hybridized carbons (Fsp3) is 0.400. The second-order valence-corrected chi connectivity index (χ2v) is 7.39. The first-order valence-electron chi connectivity index (χ1n) is 8.35. The summed E-state index contributed by atoms with van der Waals surface area (Å²) in [6.07, 6.45) is 0.930. The van der Waals surface area contributed by atoms with Gasteiger partial charge in [-0.05, 0) is 31.0 Å². The molecule has 126 valence electrons. The average Bonchev–Trinajstić information content (AvgIpc) is 2.74. The summed E-state index contributed by atoms with van der Waals surface area (Å²) in [5.74, 6) is 2.04. The van der Waals surface area contributed by atoms with Gasteiger partial charge >= 0.3 is 0 Å². The number of benzene rings is 2. The zero-order chi connectivity index (χ0) is 17.1. The fourth-order valence-corrected chi connectivity index (χ4v) is 3.65. The second-order valence-electron chi connectivity index (χ2n) is 7.39. The van der Waals surface area contributed by atoms with E-state index in [0.717, 1.165) is 29.0 Å². The maximum absolute atomic E-state index is 10.1. The van der Waals surface area contributed by atoms with Crippen molar-refractivity contribution in [1.29, 1.82) is 0 Å². The highest BCUT2D eigenvalue weighted by Gasteiger charge is 2.40. The Balaban J connectivity index is 1.70. The standard InChI is InChI=1S/C20H22O4/c1-11-20(2,3)16-7-12-6-13(10-23-18(12)9-19(16)24-11)15-5-4-14(21)8-17(15)22/h4-5,7-9,11,13,21-22H,6,10H2,1-3H3/t11-,13+/m0/s1. The van der Waals surface area contributed by atoms with Crippen molar-refractivity contribution in [2.75, 3.05) is 6.61 Å². The lowest BCUT2D eigenvalue weighted by Gasteiger charge is -2.28. The topological polar surface area (TPSA) is 58.9 Å². The normalized spacial score (nSPS) is 23.8. The summed E-state index contributed by atoms with van der Waals surface area (Å²) in [6.45, 7) is 6.99. The third-order valence-electron chi connectivity index (χ3n) is 5.54. The Morgan fingerprint density at radius 3 is 2.62 bits per heavy atom. The molecule has 0 radical (unpaired) electrons. The van der Waals surface area contributed by atoms with Crippen molar-refractivity contribution in [3.8, 4) is 23.0 Å². The van der Waals surface area contributed by atoms with E-state index in [4.69, 9.17) is 9.47 Å². The van der Waals surface area contributed by atoms with Crippen molar-refractivity contribution in [3.63, 3.8) is 0 Å². The van der Waals surface area contributed by atoms with E-state index in [1.54, 1.807) is 12.1 Å². The monoisotopic (exact) mass is 326 g/mol. The molecule has 0 amide bonds. The molecule has 0 saturated heterocycles. The maximum atomic E-state index is 10.1. The molecule has 0 fully saturated rings. The molecule has 2 aromatic rings. The van der Waals surface area contributed by atoms with Gasteiger partial charge < -0.3 is 19.7 Å². The van der Waals surface area contributed by atoms with Gasteiger partial charge in [0.2, 0.25) is 0 Å². The molecule has 0 saturated carbocycles. The zero-order valence-corrected chi connectivity index (χ0v) is 14.2. The number of phenolic OH excluding ortho intramolecular Hbond substituents is 2. The minimum atomic E-state index is -0.0298. The van der Waals surface area contributed by atoms with Crippen LogP contribution in [0.3, 0.4) is 0 Å². The fourth-order valence-electron chi connectivity index (χ4n) is 3.65. The van der Waals surface area contributed by atoms with Crippen LogP contribution in [0.5, 0.6) is 23.0 Å². The van der Waals surface area contributed by atoms with Crippen LogP contribution in [0.2, 0.25) is 0 Å². The summed E-state index contributed by atoms with van der Waals surface area (Å²) in [6, 6.07) is 8.95. The van der Waals surface area contributed by atoms with Crippen LogP contribution in [-0.2, 0) is 11.8 Å². The van der Waals surface area contributed by atoms with E-state index in [9.17, 15) is 10.2 Å². The molecular formula is C20H22O4. The van der Waals surface area contributed by atoms with Gasteiger partial charge in [0.15, 0.2) is 0 Å². The number of hydrogen-bond donors (Lipinski definition) is 2. The third-order valence-corrected chi connectivity index (χ3v) is 5.54. The lowest BCUT2D eigenvalue weighted by molar-refractivity contribution is 0.185. The first kappa shape index (κ1) is 15.2. The summed E-state index contributed by atoms with van der Waals surface area (Å²) in [5, 5.41) is 19.6. The van der Waals surface area contributed by atoms with Gasteiger partial charge in [-0.3, -0.25) is 0 Å². The largest absolute Gasteiger partial charge is 0.508 e. The number of phenols is 2. The summed E-state index contributed by atoms with van der Waals surface area (Å²) in [4.78, 5) is 0. The Kier molecular flexibility index (Phi) is 3.21. The molecule has 24 heavy (non-hydrogen) atoms. The molecule has 0 spiro atoms. The number of hydrogen-bond acceptors (Lipinski definition) is 4. The van der Waals surface area contributed by atoms with Crippen LogP contribution in [0, 0.1) is 0 Å². The lowest BCUT2D eigenvalue weighted by Crippen LogP contribution is -2.29. The molecule has 0 aromatic heterocycles. The maximum Gasteiger partial charge on any atom is 0.127 e. The van der Waals surface area contributed by atoms with E-state index >= 15 is 0 Å². The molecule has 0 bridgehead atoms. The number of rotatable bonds is 1. The van der Waals surface area contributed by atoms with Crippen molar-refractivity contribution in [2.24, 2.45) is 0 Å². The van der Waals surface area contributed by atoms with Gasteiger partial charge in [-0.15, -0.1) is 0 Å².